The highest BCUT2D eigenvalue weighted by Gasteiger charge is 2.33. The number of carbonyl (C=O) groups excluding carboxylic acids is 1. The fourth-order valence-corrected chi connectivity index (χ4v) is 4.75. The lowest BCUT2D eigenvalue weighted by Gasteiger charge is -2.13. The van der Waals surface area contributed by atoms with E-state index in [1.54, 1.807) is 11.8 Å². The van der Waals surface area contributed by atoms with Crippen LogP contribution in [0.2, 0.25) is 0 Å². The van der Waals surface area contributed by atoms with E-state index < -0.39 is 17.6 Å². The lowest BCUT2D eigenvalue weighted by atomic mass is 10.1. The Morgan fingerprint density at radius 2 is 1.50 bits per heavy atom. The molecule has 0 fully saturated rings. The topological polar surface area (TPSA) is 59.8 Å². The fourth-order valence-electron chi connectivity index (χ4n) is 3.14. The van der Waals surface area contributed by atoms with E-state index in [9.17, 15) is 18.0 Å². The zero-order chi connectivity index (χ0) is 24.0. The molecule has 174 valence electrons. The molecule has 34 heavy (non-hydrogen) atoms. The SMILES string of the molecule is O=C(CSc1nnc(CSc2ccccc2)n1-c1ccccc1)Nc1ccccc1C(F)(F)F. The number of anilines is 1. The third-order valence-electron chi connectivity index (χ3n) is 4.66. The Hall–Kier alpha value is -3.24. The maximum Gasteiger partial charge on any atom is 0.418 e. The Morgan fingerprint density at radius 1 is 0.853 bits per heavy atom. The number of alkyl halides is 3. The second-order valence-corrected chi connectivity index (χ2v) is 9.04. The van der Waals surface area contributed by atoms with Crippen molar-refractivity contribution in [1.29, 1.82) is 0 Å². The van der Waals surface area contributed by atoms with Gasteiger partial charge in [-0.2, -0.15) is 13.2 Å². The van der Waals surface area contributed by atoms with Crippen LogP contribution in [0.15, 0.2) is 95.0 Å². The van der Waals surface area contributed by atoms with E-state index in [0.717, 1.165) is 28.4 Å². The first kappa shape index (κ1) is 23.9. The molecule has 1 heterocycles. The molecule has 1 amide bonds. The van der Waals surface area contributed by atoms with Gasteiger partial charge in [-0.05, 0) is 36.4 Å². The highest BCUT2D eigenvalue weighted by Crippen LogP contribution is 2.35. The molecule has 0 atom stereocenters. The summed E-state index contributed by atoms with van der Waals surface area (Å²) in [4.78, 5) is 13.6. The van der Waals surface area contributed by atoms with Crippen LogP contribution in [0, 0.1) is 0 Å². The zero-order valence-corrected chi connectivity index (χ0v) is 19.3. The summed E-state index contributed by atoms with van der Waals surface area (Å²) >= 11 is 2.72. The molecule has 0 aliphatic heterocycles. The molecule has 4 rings (SSSR count). The number of benzene rings is 3. The van der Waals surface area contributed by atoms with Crippen LogP contribution in [-0.4, -0.2) is 26.4 Å². The van der Waals surface area contributed by atoms with Gasteiger partial charge in [0.1, 0.15) is 5.82 Å². The van der Waals surface area contributed by atoms with E-state index in [4.69, 9.17) is 0 Å². The van der Waals surface area contributed by atoms with Gasteiger partial charge >= 0.3 is 6.18 Å². The molecule has 0 bridgehead atoms. The van der Waals surface area contributed by atoms with Crippen molar-refractivity contribution in [2.24, 2.45) is 0 Å². The van der Waals surface area contributed by atoms with Crippen molar-refractivity contribution in [2.75, 3.05) is 11.1 Å². The average Bonchev–Trinajstić information content (AvgIpc) is 3.25. The number of rotatable bonds is 8. The Balaban J connectivity index is 1.50. The van der Waals surface area contributed by atoms with Crippen LogP contribution in [0.1, 0.15) is 11.4 Å². The summed E-state index contributed by atoms with van der Waals surface area (Å²) in [6.07, 6.45) is -4.56. The number of hydrogen-bond donors (Lipinski definition) is 1. The first-order valence-corrected chi connectivity index (χ1v) is 12.2. The summed E-state index contributed by atoms with van der Waals surface area (Å²) in [6.45, 7) is 0. The lowest BCUT2D eigenvalue weighted by molar-refractivity contribution is -0.137. The Labute approximate surface area is 202 Å². The van der Waals surface area contributed by atoms with Gasteiger partial charge in [0.2, 0.25) is 5.91 Å². The van der Waals surface area contributed by atoms with Crippen molar-refractivity contribution in [3.63, 3.8) is 0 Å². The number of carbonyl (C=O) groups is 1. The monoisotopic (exact) mass is 500 g/mol. The van der Waals surface area contributed by atoms with Crippen LogP contribution in [0.4, 0.5) is 18.9 Å². The van der Waals surface area contributed by atoms with Gasteiger partial charge in [-0.1, -0.05) is 60.3 Å². The van der Waals surface area contributed by atoms with Crippen LogP contribution in [0.5, 0.6) is 0 Å². The van der Waals surface area contributed by atoms with Crippen LogP contribution in [-0.2, 0) is 16.7 Å². The standard InChI is InChI=1S/C24H19F3N4OS2/c25-24(26,27)19-13-7-8-14-20(19)28-22(32)16-34-23-30-29-21(15-33-18-11-5-2-6-12-18)31(23)17-9-3-1-4-10-17/h1-14H,15-16H2,(H,28,32). The zero-order valence-electron chi connectivity index (χ0n) is 17.7. The maximum atomic E-state index is 13.2. The summed E-state index contributed by atoms with van der Waals surface area (Å²) in [5.74, 6) is 0.565. The summed E-state index contributed by atoms with van der Waals surface area (Å²) in [5.41, 5.74) is -0.326. The van der Waals surface area contributed by atoms with E-state index >= 15 is 0 Å². The molecule has 0 spiro atoms. The van der Waals surface area contributed by atoms with E-state index in [1.165, 1.54) is 18.2 Å². The highest BCUT2D eigenvalue weighted by atomic mass is 32.2. The van der Waals surface area contributed by atoms with Gasteiger partial charge in [-0.25, -0.2) is 0 Å². The molecule has 0 unspecified atom stereocenters. The summed E-state index contributed by atoms with van der Waals surface area (Å²) in [5, 5.41) is 11.4. The normalized spacial score (nSPS) is 11.4. The van der Waals surface area contributed by atoms with Crippen LogP contribution < -0.4 is 5.32 Å². The minimum absolute atomic E-state index is 0.122. The minimum atomic E-state index is -4.56. The second-order valence-electron chi connectivity index (χ2n) is 7.05. The lowest BCUT2D eigenvalue weighted by Crippen LogP contribution is -2.18. The van der Waals surface area contributed by atoms with Crippen LogP contribution in [0.25, 0.3) is 5.69 Å². The molecule has 3 aromatic carbocycles. The van der Waals surface area contributed by atoms with E-state index in [-0.39, 0.29) is 11.4 Å². The van der Waals surface area contributed by atoms with E-state index in [0.29, 0.717) is 16.7 Å². The Morgan fingerprint density at radius 3 is 2.21 bits per heavy atom. The highest BCUT2D eigenvalue weighted by molar-refractivity contribution is 7.99. The number of nitrogens with zero attached hydrogens (tertiary/aromatic N) is 3. The second kappa shape index (κ2) is 10.8. The van der Waals surface area contributed by atoms with Crippen molar-refractivity contribution < 1.29 is 18.0 Å². The molecule has 0 radical (unpaired) electrons. The van der Waals surface area contributed by atoms with Gasteiger partial charge in [0.05, 0.1) is 22.8 Å². The molecule has 4 aromatic rings. The van der Waals surface area contributed by atoms with Gasteiger partial charge in [0, 0.05) is 10.6 Å². The summed E-state index contributed by atoms with van der Waals surface area (Å²) < 4.78 is 41.5. The van der Waals surface area contributed by atoms with Crippen molar-refractivity contribution >= 4 is 35.1 Å². The molecule has 10 heteroatoms. The third-order valence-corrected chi connectivity index (χ3v) is 6.60. The number of nitrogens with one attached hydrogen (secondary N) is 1. The minimum Gasteiger partial charge on any atom is -0.325 e. The van der Waals surface area contributed by atoms with Crippen molar-refractivity contribution in [3.05, 3.63) is 96.3 Å². The number of para-hydroxylation sites is 2. The van der Waals surface area contributed by atoms with Gasteiger partial charge in [-0.15, -0.1) is 22.0 Å². The van der Waals surface area contributed by atoms with Crippen molar-refractivity contribution in [3.8, 4) is 5.69 Å². The van der Waals surface area contributed by atoms with Gasteiger partial charge in [-0.3, -0.25) is 9.36 Å². The van der Waals surface area contributed by atoms with E-state index in [2.05, 4.69) is 15.5 Å². The molecular weight excluding hydrogens is 481 g/mol. The number of hydrogen-bond acceptors (Lipinski definition) is 5. The first-order chi connectivity index (χ1) is 16.4. The Kier molecular flexibility index (Phi) is 7.59. The number of amides is 1. The van der Waals surface area contributed by atoms with Gasteiger partial charge < -0.3 is 5.32 Å². The predicted molar refractivity (Wildman–Crippen MR) is 128 cm³/mol. The van der Waals surface area contributed by atoms with Crippen molar-refractivity contribution in [1.82, 2.24) is 14.8 Å². The number of halogens is 3. The quantitative estimate of drug-likeness (QED) is 0.287. The van der Waals surface area contributed by atoms with Crippen LogP contribution >= 0.6 is 23.5 Å². The fraction of sp³-hybridized carbons (Fsp3) is 0.125. The first-order valence-electron chi connectivity index (χ1n) is 10.2. The van der Waals surface area contributed by atoms with Gasteiger partial charge in [0.15, 0.2) is 5.16 Å². The predicted octanol–water partition coefficient (Wildman–Crippen LogP) is 6.31. The third kappa shape index (κ3) is 6.00. The molecule has 5 nitrogen and oxygen atoms in total. The van der Waals surface area contributed by atoms with E-state index in [1.807, 2.05) is 65.2 Å². The summed E-state index contributed by atoms with van der Waals surface area (Å²) in [7, 11) is 0. The van der Waals surface area contributed by atoms with Gasteiger partial charge in [0.25, 0.3) is 0 Å². The molecular formula is C24H19F3N4OS2. The number of aromatic nitrogens is 3. The number of thioether (sulfide) groups is 2. The molecule has 1 N–H and O–H groups in total. The van der Waals surface area contributed by atoms with Crippen molar-refractivity contribution in [2.45, 2.75) is 22.0 Å². The maximum absolute atomic E-state index is 13.2. The smallest absolute Gasteiger partial charge is 0.325 e. The molecule has 1 aromatic heterocycles. The van der Waals surface area contributed by atoms with Crippen LogP contribution in [0.3, 0.4) is 0 Å². The molecule has 0 aliphatic carbocycles. The summed E-state index contributed by atoms with van der Waals surface area (Å²) in [6, 6.07) is 24.3. The molecule has 0 saturated carbocycles. The Bertz CT molecular complexity index is 1250. The molecule has 0 saturated heterocycles. The molecule has 0 aliphatic rings. The average molecular weight is 501 g/mol. The largest absolute Gasteiger partial charge is 0.418 e.